The zero-order valence-electron chi connectivity index (χ0n) is 10.1. The Labute approximate surface area is 105 Å². The van der Waals surface area contributed by atoms with Crippen molar-refractivity contribution in [2.75, 3.05) is 5.73 Å². The van der Waals surface area contributed by atoms with Crippen molar-refractivity contribution in [3.63, 3.8) is 0 Å². The van der Waals surface area contributed by atoms with E-state index in [1.165, 1.54) is 10.7 Å². The number of benzene rings is 1. The van der Waals surface area contributed by atoms with Gasteiger partial charge in [0.1, 0.15) is 4.90 Å². The van der Waals surface area contributed by atoms with Crippen LogP contribution in [0.5, 0.6) is 0 Å². The predicted molar refractivity (Wildman–Crippen MR) is 68.8 cm³/mol. The summed E-state index contributed by atoms with van der Waals surface area (Å²) < 4.78 is 24.6. The van der Waals surface area contributed by atoms with Crippen LogP contribution in [0.4, 0.5) is 5.69 Å². The Morgan fingerprint density at radius 2 is 1.83 bits per heavy atom. The number of hydrogen-bond donors (Lipinski definition) is 2. The molecule has 18 heavy (non-hydrogen) atoms. The Balaban J connectivity index is 2.76. The predicted octanol–water partition coefficient (Wildman–Crippen LogP) is 0.719. The Bertz CT molecular complexity index is 704. The normalized spacial score (nSPS) is 11.7. The van der Waals surface area contributed by atoms with Gasteiger partial charge < -0.3 is 5.73 Å². The van der Waals surface area contributed by atoms with Crippen molar-refractivity contribution in [2.24, 2.45) is 5.14 Å². The molecule has 96 valence electrons. The Kier molecular flexibility index (Phi) is 2.88. The number of nitrogens with two attached hydrogens (primary N) is 2. The average Bonchev–Trinajstić information content (AvgIpc) is 2.56. The number of aryl methyl sites for hydroxylation is 1. The molecule has 0 saturated carbocycles. The van der Waals surface area contributed by atoms with E-state index in [4.69, 9.17) is 10.9 Å². The summed E-state index contributed by atoms with van der Waals surface area (Å²) in [6, 6.07) is 6.41. The maximum absolute atomic E-state index is 11.5. The highest BCUT2D eigenvalue weighted by molar-refractivity contribution is 7.89. The van der Waals surface area contributed by atoms with Crippen LogP contribution in [-0.2, 0) is 10.0 Å². The molecule has 0 amide bonds. The highest BCUT2D eigenvalue weighted by atomic mass is 32.2. The number of primary sulfonamides is 1. The molecule has 2 rings (SSSR count). The maximum Gasteiger partial charge on any atom is 0.240 e. The van der Waals surface area contributed by atoms with Crippen molar-refractivity contribution in [1.82, 2.24) is 9.78 Å². The third-order valence-electron chi connectivity index (χ3n) is 2.75. The first kappa shape index (κ1) is 12.6. The number of para-hydroxylation sites is 1. The number of sulfonamides is 1. The third kappa shape index (κ3) is 1.98. The molecule has 0 fully saturated rings. The van der Waals surface area contributed by atoms with E-state index in [1.807, 2.05) is 0 Å². The molecule has 0 spiro atoms. The fourth-order valence-electron chi connectivity index (χ4n) is 1.76. The zero-order chi connectivity index (χ0) is 13.5. The minimum Gasteiger partial charge on any atom is -0.396 e. The van der Waals surface area contributed by atoms with Gasteiger partial charge in [-0.2, -0.15) is 5.10 Å². The van der Waals surface area contributed by atoms with Crippen LogP contribution in [0, 0.1) is 13.8 Å². The fraction of sp³-hybridized carbons (Fsp3) is 0.182. The van der Waals surface area contributed by atoms with Crippen molar-refractivity contribution in [3.05, 3.63) is 35.7 Å². The second-order valence-electron chi connectivity index (χ2n) is 4.01. The maximum atomic E-state index is 11.5. The molecule has 6 nitrogen and oxygen atoms in total. The van der Waals surface area contributed by atoms with Gasteiger partial charge in [0.25, 0.3) is 0 Å². The van der Waals surface area contributed by atoms with E-state index in [1.54, 1.807) is 32.0 Å². The summed E-state index contributed by atoms with van der Waals surface area (Å²) in [4.78, 5) is 0.0237. The van der Waals surface area contributed by atoms with Crippen molar-refractivity contribution in [2.45, 2.75) is 18.7 Å². The molecule has 1 aromatic heterocycles. The van der Waals surface area contributed by atoms with E-state index < -0.39 is 10.0 Å². The van der Waals surface area contributed by atoms with Gasteiger partial charge in [-0.05, 0) is 26.0 Å². The molecule has 4 N–H and O–H groups in total. The molecule has 0 bridgehead atoms. The lowest BCUT2D eigenvalue weighted by Gasteiger charge is -2.09. The topological polar surface area (TPSA) is 104 Å². The summed E-state index contributed by atoms with van der Waals surface area (Å²) in [7, 11) is -3.80. The number of anilines is 1. The first-order valence-corrected chi connectivity index (χ1v) is 6.81. The molecule has 0 atom stereocenters. The van der Waals surface area contributed by atoms with Crippen LogP contribution in [0.15, 0.2) is 29.2 Å². The summed E-state index contributed by atoms with van der Waals surface area (Å²) in [5, 5.41) is 9.42. The lowest BCUT2D eigenvalue weighted by atomic mass is 10.3. The summed E-state index contributed by atoms with van der Waals surface area (Å²) in [5.74, 6) is 0. The number of rotatable bonds is 2. The lowest BCUT2D eigenvalue weighted by Crippen LogP contribution is -2.16. The molecule has 0 aliphatic rings. The van der Waals surface area contributed by atoms with Crippen LogP contribution in [-0.4, -0.2) is 18.2 Å². The number of nitrogens with zero attached hydrogens (tertiary/aromatic N) is 2. The van der Waals surface area contributed by atoms with Crippen molar-refractivity contribution >= 4 is 15.7 Å². The largest absolute Gasteiger partial charge is 0.396 e. The standard InChI is InChI=1S/C11H14N4O2S/c1-7-11(12)8(2)15(14-7)9-5-3-4-6-10(9)18(13,16)17/h3-6H,12H2,1-2H3,(H2,13,16,17). The van der Waals surface area contributed by atoms with E-state index in [0.29, 0.717) is 22.8 Å². The van der Waals surface area contributed by atoms with Gasteiger partial charge >= 0.3 is 0 Å². The van der Waals surface area contributed by atoms with Gasteiger partial charge in [-0.25, -0.2) is 18.2 Å². The molecule has 0 aliphatic heterocycles. The van der Waals surface area contributed by atoms with Crippen molar-refractivity contribution in [1.29, 1.82) is 0 Å². The van der Waals surface area contributed by atoms with E-state index >= 15 is 0 Å². The van der Waals surface area contributed by atoms with Crippen molar-refractivity contribution in [3.8, 4) is 5.69 Å². The van der Waals surface area contributed by atoms with Crippen LogP contribution < -0.4 is 10.9 Å². The number of aromatic nitrogens is 2. The van der Waals surface area contributed by atoms with Crippen LogP contribution in [0.25, 0.3) is 5.69 Å². The Morgan fingerprint density at radius 3 is 2.33 bits per heavy atom. The lowest BCUT2D eigenvalue weighted by molar-refractivity contribution is 0.596. The Hall–Kier alpha value is -1.86. The molecule has 0 aliphatic carbocycles. The second-order valence-corrected chi connectivity index (χ2v) is 5.54. The van der Waals surface area contributed by atoms with E-state index in [-0.39, 0.29) is 4.90 Å². The van der Waals surface area contributed by atoms with Crippen LogP contribution in [0.2, 0.25) is 0 Å². The summed E-state index contributed by atoms with van der Waals surface area (Å²) in [5.41, 5.74) is 8.11. The highest BCUT2D eigenvalue weighted by Gasteiger charge is 2.18. The summed E-state index contributed by atoms with van der Waals surface area (Å²) in [6.07, 6.45) is 0. The van der Waals surface area contributed by atoms with E-state index in [9.17, 15) is 8.42 Å². The zero-order valence-corrected chi connectivity index (χ0v) is 10.9. The summed E-state index contributed by atoms with van der Waals surface area (Å²) >= 11 is 0. The SMILES string of the molecule is Cc1nn(-c2ccccc2S(N)(=O)=O)c(C)c1N. The van der Waals surface area contributed by atoms with E-state index in [0.717, 1.165) is 0 Å². The van der Waals surface area contributed by atoms with Gasteiger partial charge in [-0.3, -0.25) is 0 Å². The molecule has 1 aromatic carbocycles. The van der Waals surface area contributed by atoms with Gasteiger partial charge in [0.15, 0.2) is 0 Å². The molecular weight excluding hydrogens is 252 g/mol. The van der Waals surface area contributed by atoms with Gasteiger partial charge in [0, 0.05) is 0 Å². The van der Waals surface area contributed by atoms with Crippen LogP contribution in [0.3, 0.4) is 0 Å². The fourth-order valence-corrected chi connectivity index (χ4v) is 2.48. The average molecular weight is 266 g/mol. The van der Waals surface area contributed by atoms with Gasteiger partial charge in [0.2, 0.25) is 10.0 Å². The van der Waals surface area contributed by atoms with Crippen LogP contribution >= 0.6 is 0 Å². The van der Waals surface area contributed by atoms with Gasteiger partial charge in [-0.15, -0.1) is 0 Å². The Morgan fingerprint density at radius 1 is 1.22 bits per heavy atom. The summed E-state index contributed by atoms with van der Waals surface area (Å²) in [6.45, 7) is 3.54. The molecule has 1 heterocycles. The van der Waals surface area contributed by atoms with E-state index in [2.05, 4.69) is 5.10 Å². The monoisotopic (exact) mass is 266 g/mol. The molecule has 0 unspecified atom stereocenters. The van der Waals surface area contributed by atoms with Crippen molar-refractivity contribution < 1.29 is 8.42 Å². The minimum atomic E-state index is -3.80. The number of nitrogen functional groups attached to an aromatic ring is 1. The molecule has 0 saturated heterocycles. The second kappa shape index (κ2) is 4.11. The van der Waals surface area contributed by atoms with Gasteiger partial charge in [-0.1, -0.05) is 12.1 Å². The highest BCUT2D eigenvalue weighted by Crippen LogP contribution is 2.23. The molecule has 0 radical (unpaired) electrons. The molecule has 7 heteroatoms. The van der Waals surface area contributed by atoms with Gasteiger partial charge in [0.05, 0.1) is 22.8 Å². The third-order valence-corrected chi connectivity index (χ3v) is 3.71. The first-order valence-electron chi connectivity index (χ1n) is 5.26. The quantitative estimate of drug-likeness (QED) is 0.835. The molecular formula is C11H14N4O2S. The first-order chi connectivity index (χ1) is 8.32. The minimum absolute atomic E-state index is 0.0237. The van der Waals surface area contributed by atoms with Crippen LogP contribution in [0.1, 0.15) is 11.4 Å². The number of hydrogen-bond acceptors (Lipinski definition) is 4. The smallest absolute Gasteiger partial charge is 0.240 e. The molecule has 2 aromatic rings.